The number of aryl methyl sites for hydroxylation is 2. The fourth-order valence-electron chi connectivity index (χ4n) is 1.64. The Kier molecular flexibility index (Phi) is 5.28. The first-order valence-electron chi connectivity index (χ1n) is 6.17. The molecular weight excluding hydrogens is 305 g/mol. The Balaban J connectivity index is 2.75. The van der Waals surface area contributed by atoms with Crippen molar-refractivity contribution in [1.29, 1.82) is 0 Å². The number of nitrogens with zero attached hydrogens (tertiary/aromatic N) is 2. The maximum atomic E-state index is 12.0. The van der Waals surface area contributed by atoms with Crippen molar-refractivity contribution >= 4 is 17.8 Å². The molecular formula is C12H15F3N4O3. The van der Waals surface area contributed by atoms with Gasteiger partial charge in [0.25, 0.3) is 5.91 Å². The molecule has 1 atom stereocenters. The molecule has 0 fully saturated rings. The van der Waals surface area contributed by atoms with Crippen molar-refractivity contribution in [3.05, 3.63) is 17.0 Å². The highest BCUT2D eigenvalue weighted by atomic mass is 19.4. The van der Waals surface area contributed by atoms with Gasteiger partial charge in [0.2, 0.25) is 5.95 Å². The summed E-state index contributed by atoms with van der Waals surface area (Å²) in [5.41, 5.74) is 5.93. The largest absolute Gasteiger partial charge is 0.449 e. The van der Waals surface area contributed by atoms with E-state index < -0.39 is 30.7 Å². The molecule has 0 spiro atoms. The van der Waals surface area contributed by atoms with Crippen LogP contribution in [0.3, 0.4) is 0 Å². The molecule has 1 heterocycles. The summed E-state index contributed by atoms with van der Waals surface area (Å²) in [5.74, 6) is -2.00. The molecule has 1 unspecified atom stereocenters. The second-order valence-corrected chi connectivity index (χ2v) is 4.51. The van der Waals surface area contributed by atoms with E-state index in [1.165, 1.54) is 13.8 Å². The molecule has 0 radical (unpaired) electrons. The molecule has 1 amide bonds. The van der Waals surface area contributed by atoms with Gasteiger partial charge in [-0.15, -0.1) is 0 Å². The van der Waals surface area contributed by atoms with Gasteiger partial charge in [0, 0.05) is 0 Å². The van der Waals surface area contributed by atoms with Gasteiger partial charge in [0.05, 0.1) is 11.4 Å². The molecule has 1 aromatic heterocycles. The topological polar surface area (TPSA) is 107 Å². The molecule has 122 valence electrons. The first-order chi connectivity index (χ1) is 10.0. The number of hydrogen-bond donors (Lipinski definition) is 2. The first-order valence-corrected chi connectivity index (χ1v) is 6.17. The van der Waals surface area contributed by atoms with Gasteiger partial charge in [-0.2, -0.15) is 13.2 Å². The number of aromatic nitrogens is 2. The monoisotopic (exact) mass is 320 g/mol. The van der Waals surface area contributed by atoms with E-state index in [-0.39, 0.29) is 22.9 Å². The van der Waals surface area contributed by atoms with Gasteiger partial charge in [-0.1, -0.05) is 0 Å². The fraction of sp³-hybridized carbons (Fsp3) is 0.500. The number of nitrogens with one attached hydrogen (secondary N) is 1. The van der Waals surface area contributed by atoms with Crippen LogP contribution in [0.2, 0.25) is 0 Å². The fourth-order valence-corrected chi connectivity index (χ4v) is 1.64. The second-order valence-electron chi connectivity index (χ2n) is 4.51. The van der Waals surface area contributed by atoms with E-state index in [4.69, 9.17) is 10.5 Å². The van der Waals surface area contributed by atoms with E-state index in [2.05, 4.69) is 9.97 Å². The Morgan fingerprint density at radius 1 is 1.27 bits per heavy atom. The minimum Gasteiger partial charge on any atom is -0.449 e. The molecule has 0 saturated carbocycles. The van der Waals surface area contributed by atoms with Crippen molar-refractivity contribution in [2.24, 2.45) is 0 Å². The summed E-state index contributed by atoms with van der Waals surface area (Å²) in [5, 5.41) is 1.63. The number of nitrogen functional groups attached to an aromatic ring is 1. The third-order valence-electron chi connectivity index (χ3n) is 2.61. The number of carbonyl (C=O) groups excluding carboxylic acids is 2. The quantitative estimate of drug-likeness (QED) is 0.798. The lowest BCUT2D eigenvalue weighted by atomic mass is 10.2. The van der Waals surface area contributed by atoms with Crippen LogP contribution in [-0.2, 0) is 9.53 Å². The van der Waals surface area contributed by atoms with E-state index in [0.29, 0.717) is 0 Å². The molecule has 0 aliphatic heterocycles. The number of halogens is 3. The zero-order valence-electron chi connectivity index (χ0n) is 12.1. The molecule has 10 heteroatoms. The van der Waals surface area contributed by atoms with Gasteiger partial charge in [0.15, 0.2) is 6.10 Å². The SMILES string of the molecule is Cc1nc(N)nc(C)c1C(=O)OC(C)C(=O)NCC(F)(F)F. The molecule has 1 rings (SSSR count). The predicted molar refractivity (Wildman–Crippen MR) is 69.9 cm³/mol. The maximum absolute atomic E-state index is 12.0. The molecule has 3 N–H and O–H groups in total. The molecule has 22 heavy (non-hydrogen) atoms. The van der Waals surface area contributed by atoms with Crippen LogP contribution in [0.4, 0.5) is 19.1 Å². The van der Waals surface area contributed by atoms with Crippen LogP contribution < -0.4 is 11.1 Å². The summed E-state index contributed by atoms with van der Waals surface area (Å²) in [4.78, 5) is 31.0. The molecule has 1 aromatic rings. The number of hydrogen-bond acceptors (Lipinski definition) is 6. The lowest BCUT2D eigenvalue weighted by Gasteiger charge is -2.15. The predicted octanol–water partition coefficient (Wildman–Crippen LogP) is 0.899. The minimum absolute atomic E-state index is 0.0182. The van der Waals surface area contributed by atoms with Crippen molar-refractivity contribution in [3.63, 3.8) is 0 Å². The standard InChI is InChI=1S/C12H15F3N4O3/c1-5-8(6(2)19-11(16)18-5)10(21)22-7(3)9(20)17-4-12(13,14)15/h7H,4H2,1-3H3,(H,17,20)(H2,16,18,19). The van der Waals surface area contributed by atoms with Crippen LogP contribution in [0.5, 0.6) is 0 Å². The van der Waals surface area contributed by atoms with Gasteiger partial charge in [-0.3, -0.25) is 4.79 Å². The molecule has 0 bridgehead atoms. The van der Waals surface area contributed by atoms with Crippen LogP contribution in [0.1, 0.15) is 28.7 Å². The third-order valence-corrected chi connectivity index (χ3v) is 2.61. The zero-order valence-corrected chi connectivity index (χ0v) is 12.1. The summed E-state index contributed by atoms with van der Waals surface area (Å²) < 4.78 is 40.8. The van der Waals surface area contributed by atoms with Gasteiger partial charge in [-0.25, -0.2) is 14.8 Å². The highest BCUT2D eigenvalue weighted by Gasteiger charge is 2.30. The van der Waals surface area contributed by atoms with Crippen LogP contribution in [0.15, 0.2) is 0 Å². The van der Waals surface area contributed by atoms with Crippen molar-refractivity contribution in [2.75, 3.05) is 12.3 Å². The Bertz CT molecular complexity index is 566. The second kappa shape index (κ2) is 6.58. The molecule has 0 aromatic carbocycles. The minimum atomic E-state index is -4.54. The Labute approximate surface area is 124 Å². The average Bonchev–Trinajstić information content (AvgIpc) is 2.33. The first kappa shape index (κ1) is 17.7. The van der Waals surface area contributed by atoms with E-state index in [0.717, 1.165) is 6.92 Å². The lowest BCUT2D eigenvalue weighted by molar-refractivity contribution is -0.143. The van der Waals surface area contributed by atoms with Gasteiger partial charge >= 0.3 is 12.1 Å². The summed E-state index contributed by atoms with van der Waals surface area (Å²) in [7, 11) is 0. The zero-order chi connectivity index (χ0) is 17.1. The van der Waals surface area contributed by atoms with Crippen molar-refractivity contribution in [2.45, 2.75) is 33.1 Å². The Hall–Kier alpha value is -2.39. The number of anilines is 1. The normalized spacial score (nSPS) is 12.6. The summed E-state index contributed by atoms with van der Waals surface area (Å²) in [6, 6.07) is 0. The number of amides is 1. The van der Waals surface area contributed by atoms with Crippen molar-refractivity contribution < 1.29 is 27.5 Å². The van der Waals surface area contributed by atoms with Crippen LogP contribution in [0.25, 0.3) is 0 Å². The molecule has 0 aliphatic carbocycles. The van der Waals surface area contributed by atoms with Gasteiger partial charge in [0.1, 0.15) is 12.1 Å². The Morgan fingerprint density at radius 3 is 2.23 bits per heavy atom. The third kappa shape index (κ3) is 4.86. The number of ether oxygens (including phenoxy) is 1. The van der Waals surface area contributed by atoms with Crippen LogP contribution >= 0.6 is 0 Å². The molecule has 0 saturated heterocycles. The van der Waals surface area contributed by atoms with Gasteiger partial charge < -0.3 is 15.8 Å². The van der Waals surface area contributed by atoms with Gasteiger partial charge in [-0.05, 0) is 20.8 Å². The van der Waals surface area contributed by atoms with E-state index >= 15 is 0 Å². The van der Waals surface area contributed by atoms with Crippen LogP contribution in [-0.4, -0.2) is 40.7 Å². The summed E-state index contributed by atoms with van der Waals surface area (Å²) in [6.45, 7) is 2.65. The highest BCUT2D eigenvalue weighted by molar-refractivity contribution is 5.94. The smallest absolute Gasteiger partial charge is 0.405 e. The highest BCUT2D eigenvalue weighted by Crippen LogP contribution is 2.14. The molecule has 0 aliphatic rings. The summed E-state index contributed by atoms with van der Waals surface area (Å²) in [6.07, 6.45) is -5.94. The van der Waals surface area contributed by atoms with Crippen molar-refractivity contribution in [1.82, 2.24) is 15.3 Å². The number of esters is 1. The number of nitrogens with two attached hydrogens (primary N) is 1. The number of alkyl halides is 3. The van der Waals surface area contributed by atoms with E-state index in [1.807, 2.05) is 0 Å². The number of carbonyl (C=O) groups is 2. The van der Waals surface area contributed by atoms with E-state index in [1.54, 1.807) is 5.32 Å². The van der Waals surface area contributed by atoms with Crippen molar-refractivity contribution in [3.8, 4) is 0 Å². The maximum Gasteiger partial charge on any atom is 0.405 e. The number of rotatable bonds is 4. The molecule has 7 nitrogen and oxygen atoms in total. The Morgan fingerprint density at radius 2 is 1.77 bits per heavy atom. The van der Waals surface area contributed by atoms with E-state index in [9.17, 15) is 22.8 Å². The summed E-state index contributed by atoms with van der Waals surface area (Å²) >= 11 is 0. The average molecular weight is 320 g/mol. The lowest BCUT2D eigenvalue weighted by Crippen LogP contribution is -2.40. The van der Waals surface area contributed by atoms with Crippen LogP contribution in [0, 0.1) is 13.8 Å².